The summed E-state index contributed by atoms with van der Waals surface area (Å²) in [6.45, 7) is 9.65. The molecular formula is C17H37IN4O3. The molecule has 1 fully saturated rings. The fourth-order valence-corrected chi connectivity index (χ4v) is 2.77. The maximum absolute atomic E-state index is 5.46. The SMILES string of the molecule is CCNC(=NCC1CCCN1CCOC)NCCCOCCOC.I. The van der Waals surface area contributed by atoms with Crippen LogP contribution in [0.3, 0.4) is 0 Å². The molecule has 0 aliphatic carbocycles. The monoisotopic (exact) mass is 472 g/mol. The molecule has 0 amide bonds. The molecule has 0 radical (unpaired) electrons. The molecule has 8 heteroatoms. The van der Waals surface area contributed by atoms with E-state index in [1.165, 1.54) is 12.8 Å². The van der Waals surface area contributed by atoms with Crippen molar-refractivity contribution < 1.29 is 14.2 Å². The number of nitrogens with one attached hydrogen (secondary N) is 2. The average molecular weight is 472 g/mol. The van der Waals surface area contributed by atoms with Crippen molar-refractivity contribution in [1.82, 2.24) is 15.5 Å². The largest absolute Gasteiger partial charge is 0.383 e. The van der Waals surface area contributed by atoms with Crippen molar-refractivity contribution in [3.05, 3.63) is 0 Å². The molecule has 1 aliphatic heterocycles. The zero-order valence-electron chi connectivity index (χ0n) is 16.1. The Bertz CT molecular complexity index is 335. The second-order valence-corrected chi connectivity index (χ2v) is 5.93. The number of methoxy groups -OCH3 is 2. The molecule has 1 atom stereocenters. The van der Waals surface area contributed by atoms with Gasteiger partial charge in [0.1, 0.15) is 0 Å². The van der Waals surface area contributed by atoms with E-state index in [0.717, 1.165) is 58.3 Å². The van der Waals surface area contributed by atoms with Crippen LogP contribution in [0.2, 0.25) is 0 Å². The molecule has 0 aromatic rings. The van der Waals surface area contributed by atoms with Gasteiger partial charge in [-0.05, 0) is 32.7 Å². The van der Waals surface area contributed by atoms with Crippen molar-refractivity contribution in [2.45, 2.75) is 32.2 Å². The van der Waals surface area contributed by atoms with E-state index in [1.807, 2.05) is 0 Å². The van der Waals surface area contributed by atoms with Crippen LogP contribution in [0.5, 0.6) is 0 Å². The van der Waals surface area contributed by atoms with E-state index in [9.17, 15) is 0 Å². The van der Waals surface area contributed by atoms with E-state index in [2.05, 4.69) is 22.5 Å². The van der Waals surface area contributed by atoms with Gasteiger partial charge < -0.3 is 24.8 Å². The van der Waals surface area contributed by atoms with Crippen LogP contribution in [-0.2, 0) is 14.2 Å². The Morgan fingerprint density at radius 2 is 1.92 bits per heavy atom. The Kier molecular flexibility index (Phi) is 17.2. The van der Waals surface area contributed by atoms with Crippen molar-refractivity contribution in [2.24, 2.45) is 4.99 Å². The van der Waals surface area contributed by atoms with E-state index in [4.69, 9.17) is 19.2 Å². The van der Waals surface area contributed by atoms with Crippen LogP contribution in [-0.4, -0.2) is 90.3 Å². The normalized spacial score (nSPS) is 18.2. The standard InChI is InChI=1S/C17H36N4O3.HI/c1-4-18-17(19-8-6-11-24-14-13-23-3)20-15-16-7-5-9-21(16)10-12-22-2;/h16H,4-15H2,1-3H3,(H2,18,19,20);1H. The van der Waals surface area contributed by atoms with Crippen molar-refractivity contribution in [1.29, 1.82) is 0 Å². The van der Waals surface area contributed by atoms with Crippen molar-refractivity contribution in [3.8, 4) is 0 Å². The molecule has 1 heterocycles. The Morgan fingerprint density at radius 3 is 2.64 bits per heavy atom. The summed E-state index contributed by atoms with van der Waals surface area (Å²) in [5.74, 6) is 0.896. The molecule has 25 heavy (non-hydrogen) atoms. The summed E-state index contributed by atoms with van der Waals surface area (Å²) in [5.41, 5.74) is 0. The van der Waals surface area contributed by atoms with Crippen LogP contribution in [0.4, 0.5) is 0 Å². The number of ether oxygens (including phenoxy) is 3. The molecule has 1 rings (SSSR count). The van der Waals surface area contributed by atoms with Crippen LogP contribution < -0.4 is 10.6 Å². The van der Waals surface area contributed by atoms with Gasteiger partial charge in [0.2, 0.25) is 0 Å². The fraction of sp³-hybridized carbons (Fsp3) is 0.941. The third-order valence-electron chi connectivity index (χ3n) is 4.08. The molecule has 1 aliphatic rings. The van der Waals surface area contributed by atoms with Gasteiger partial charge in [-0.1, -0.05) is 0 Å². The lowest BCUT2D eigenvalue weighted by Crippen LogP contribution is -2.40. The highest BCUT2D eigenvalue weighted by Crippen LogP contribution is 2.16. The molecule has 0 aromatic carbocycles. The van der Waals surface area contributed by atoms with Crippen LogP contribution in [0.15, 0.2) is 4.99 Å². The highest BCUT2D eigenvalue weighted by Gasteiger charge is 2.23. The minimum Gasteiger partial charge on any atom is -0.383 e. The van der Waals surface area contributed by atoms with E-state index in [-0.39, 0.29) is 24.0 Å². The number of rotatable bonds is 13. The summed E-state index contributed by atoms with van der Waals surface area (Å²) in [5, 5.41) is 6.69. The number of guanidine groups is 1. The van der Waals surface area contributed by atoms with Gasteiger partial charge in [0, 0.05) is 46.5 Å². The molecular weight excluding hydrogens is 435 g/mol. The number of aliphatic imine (C=N–C) groups is 1. The average Bonchev–Trinajstić information content (AvgIpc) is 3.04. The highest BCUT2D eigenvalue weighted by atomic mass is 127. The van der Waals surface area contributed by atoms with Gasteiger partial charge in [-0.25, -0.2) is 0 Å². The molecule has 2 N–H and O–H groups in total. The number of hydrogen-bond acceptors (Lipinski definition) is 5. The van der Waals surface area contributed by atoms with Crippen LogP contribution in [0.1, 0.15) is 26.2 Å². The molecule has 0 bridgehead atoms. The Hall–Kier alpha value is -0.160. The van der Waals surface area contributed by atoms with E-state index < -0.39 is 0 Å². The summed E-state index contributed by atoms with van der Waals surface area (Å²) < 4.78 is 15.6. The molecule has 0 spiro atoms. The van der Waals surface area contributed by atoms with E-state index in [1.54, 1.807) is 14.2 Å². The fourth-order valence-electron chi connectivity index (χ4n) is 2.77. The summed E-state index contributed by atoms with van der Waals surface area (Å²) in [7, 11) is 3.44. The number of hydrogen-bond donors (Lipinski definition) is 2. The van der Waals surface area contributed by atoms with Crippen molar-refractivity contribution in [3.63, 3.8) is 0 Å². The van der Waals surface area contributed by atoms with Gasteiger partial charge in [-0.2, -0.15) is 0 Å². The molecule has 1 unspecified atom stereocenters. The van der Waals surface area contributed by atoms with Gasteiger partial charge >= 0.3 is 0 Å². The number of halogens is 1. The first-order valence-electron chi connectivity index (χ1n) is 9.13. The second-order valence-electron chi connectivity index (χ2n) is 5.93. The lowest BCUT2D eigenvalue weighted by molar-refractivity contribution is 0.0698. The topological polar surface area (TPSA) is 67.4 Å². The Morgan fingerprint density at radius 1 is 1.12 bits per heavy atom. The summed E-state index contributed by atoms with van der Waals surface area (Å²) >= 11 is 0. The zero-order chi connectivity index (χ0) is 17.5. The van der Waals surface area contributed by atoms with Gasteiger partial charge in [-0.3, -0.25) is 9.89 Å². The van der Waals surface area contributed by atoms with E-state index in [0.29, 0.717) is 19.3 Å². The van der Waals surface area contributed by atoms with Gasteiger partial charge in [0.25, 0.3) is 0 Å². The summed E-state index contributed by atoms with van der Waals surface area (Å²) in [6.07, 6.45) is 3.43. The van der Waals surface area contributed by atoms with Crippen LogP contribution in [0.25, 0.3) is 0 Å². The molecule has 7 nitrogen and oxygen atoms in total. The molecule has 0 saturated carbocycles. The smallest absolute Gasteiger partial charge is 0.191 e. The van der Waals surface area contributed by atoms with Gasteiger partial charge in [-0.15, -0.1) is 24.0 Å². The van der Waals surface area contributed by atoms with Gasteiger partial charge in [0.15, 0.2) is 5.96 Å². The predicted octanol–water partition coefficient (Wildman–Crippen LogP) is 1.32. The Balaban J connectivity index is 0.00000576. The quantitative estimate of drug-likeness (QED) is 0.183. The predicted molar refractivity (Wildman–Crippen MR) is 113 cm³/mol. The van der Waals surface area contributed by atoms with E-state index >= 15 is 0 Å². The van der Waals surface area contributed by atoms with Crippen molar-refractivity contribution in [2.75, 3.05) is 73.4 Å². The van der Waals surface area contributed by atoms with Crippen LogP contribution >= 0.6 is 24.0 Å². The first-order chi connectivity index (χ1) is 11.8. The first-order valence-corrected chi connectivity index (χ1v) is 9.13. The van der Waals surface area contributed by atoms with Gasteiger partial charge in [0.05, 0.1) is 26.4 Å². The summed E-state index contributed by atoms with van der Waals surface area (Å²) in [4.78, 5) is 7.24. The summed E-state index contributed by atoms with van der Waals surface area (Å²) in [6, 6.07) is 0.535. The molecule has 0 aromatic heterocycles. The first kappa shape index (κ1) is 24.8. The Labute approximate surface area is 170 Å². The molecule has 1 saturated heterocycles. The number of nitrogens with zero attached hydrogens (tertiary/aromatic N) is 2. The maximum atomic E-state index is 5.46. The van der Waals surface area contributed by atoms with Crippen LogP contribution in [0, 0.1) is 0 Å². The zero-order valence-corrected chi connectivity index (χ0v) is 18.4. The second kappa shape index (κ2) is 17.3. The number of likely N-dealkylation sites (tertiary alicyclic amines) is 1. The minimum atomic E-state index is 0. The maximum Gasteiger partial charge on any atom is 0.191 e. The molecule has 150 valence electrons. The third-order valence-corrected chi connectivity index (χ3v) is 4.08. The lowest BCUT2D eigenvalue weighted by Gasteiger charge is -2.23. The highest BCUT2D eigenvalue weighted by molar-refractivity contribution is 14.0. The third kappa shape index (κ3) is 12.0. The lowest BCUT2D eigenvalue weighted by atomic mass is 10.2. The minimum absolute atomic E-state index is 0. The van der Waals surface area contributed by atoms with Crippen molar-refractivity contribution >= 4 is 29.9 Å².